The van der Waals surface area contributed by atoms with Crippen molar-refractivity contribution in [1.29, 1.82) is 5.26 Å². The summed E-state index contributed by atoms with van der Waals surface area (Å²) in [7, 11) is 0. The second kappa shape index (κ2) is 11.7. The van der Waals surface area contributed by atoms with E-state index < -0.39 is 6.04 Å². The summed E-state index contributed by atoms with van der Waals surface area (Å²) in [6.45, 7) is 15.2. The van der Waals surface area contributed by atoms with Crippen molar-refractivity contribution in [3.63, 3.8) is 0 Å². The summed E-state index contributed by atoms with van der Waals surface area (Å²) in [6, 6.07) is 9.38. The number of pyridine rings is 1. The number of nitriles is 1. The van der Waals surface area contributed by atoms with Gasteiger partial charge in [0.05, 0.1) is 35.0 Å². The molecule has 4 heterocycles. The number of benzene rings is 2. The molecule has 4 aromatic rings. The fourth-order valence-electron chi connectivity index (χ4n) is 6.99. The Hall–Kier alpha value is -4.68. The first-order chi connectivity index (χ1) is 21.6. The molecule has 2 aromatic heterocycles. The van der Waals surface area contributed by atoms with Crippen LogP contribution in [0.3, 0.4) is 0 Å². The molecule has 0 spiro atoms. The van der Waals surface area contributed by atoms with Gasteiger partial charge >= 0.3 is 0 Å². The number of dihydropyridines is 1. The van der Waals surface area contributed by atoms with Crippen LogP contribution in [0.1, 0.15) is 44.9 Å². The van der Waals surface area contributed by atoms with Gasteiger partial charge in [0, 0.05) is 53.2 Å². The normalized spacial score (nSPS) is 20.1. The summed E-state index contributed by atoms with van der Waals surface area (Å²) < 4.78 is 1.76. The van der Waals surface area contributed by atoms with Crippen molar-refractivity contribution in [3.05, 3.63) is 81.3 Å². The Kier molecular flexibility index (Phi) is 7.88. The van der Waals surface area contributed by atoms with Gasteiger partial charge in [-0.05, 0) is 73.7 Å². The maximum atomic E-state index is 14.7. The zero-order chi connectivity index (χ0) is 32.2. The van der Waals surface area contributed by atoms with E-state index in [1.54, 1.807) is 21.9 Å². The molecular weight excluding hydrogens is 586 g/mol. The van der Waals surface area contributed by atoms with E-state index >= 15 is 0 Å². The predicted octanol–water partition coefficient (Wildman–Crippen LogP) is 6.20. The lowest BCUT2D eigenvalue weighted by atomic mass is 9.88. The quantitative estimate of drug-likeness (QED) is 0.267. The fraction of sp³-hybridized carbons (Fsp3) is 0.343. The number of carbonyl (C=O) groups excluding carboxylic acids is 1. The fourth-order valence-corrected chi connectivity index (χ4v) is 7.25. The van der Waals surface area contributed by atoms with Crippen molar-refractivity contribution in [2.75, 3.05) is 24.5 Å². The molecule has 45 heavy (non-hydrogen) atoms. The number of halogens is 1. The lowest BCUT2D eigenvalue weighted by Crippen LogP contribution is -2.54. The Balaban J connectivity index is 1.69. The number of H-pyrrole nitrogens is 1. The number of aromatic amines is 1. The summed E-state index contributed by atoms with van der Waals surface area (Å²) in [5, 5.41) is 20.0. The third kappa shape index (κ3) is 4.94. The number of aryl methyl sites for hydroxylation is 1. The van der Waals surface area contributed by atoms with Crippen LogP contribution in [0, 0.1) is 24.2 Å². The standard InChI is InChI=1S/C35H36ClN7O2/c1-7-30(44)41-12-13-42(22(6)18-41)34-24-14-27(36)23(31-20(4)8-9-28-26(31)17-39-40-28)15-29(24)43(35(45)25(34)16-37)33-21(5)10-11-38-32(33)19(2)3/h7-11,14-15,17,19,22,32-33H,1,12-13,18H2,2-6H3,(H,39,40)/t22-,32?,33?/m0/s1. The van der Waals surface area contributed by atoms with Gasteiger partial charge in [-0.1, -0.05) is 38.1 Å². The van der Waals surface area contributed by atoms with Crippen LogP contribution in [0.25, 0.3) is 32.9 Å². The van der Waals surface area contributed by atoms with Gasteiger partial charge < -0.3 is 9.80 Å². The topological polar surface area (TPSA) is 110 Å². The van der Waals surface area contributed by atoms with Crippen LogP contribution in [0.15, 0.2) is 64.6 Å². The molecule has 2 aliphatic heterocycles. The third-order valence-electron chi connectivity index (χ3n) is 9.23. The van der Waals surface area contributed by atoms with Gasteiger partial charge in [-0.15, -0.1) is 0 Å². The second-order valence-corrected chi connectivity index (χ2v) is 12.8. The molecule has 3 atom stereocenters. The molecule has 0 radical (unpaired) electrons. The van der Waals surface area contributed by atoms with Crippen LogP contribution in [0.4, 0.5) is 5.69 Å². The molecule has 10 heteroatoms. The number of nitrogens with one attached hydrogen (secondary N) is 1. The number of piperazine rings is 1. The minimum Gasteiger partial charge on any atom is -0.363 e. The Labute approximate surface area is 267 Å². The van der Waals surface area contributed by atoms with Crippen LogP contribution in [-0.4, -0.2) is 63.5 Å². The molecule has 1 N–H and O–H groups in total. The van der Waals surface area contributed by atoms with E-state index in [9.17, 15) is 14.9 Å². The minimum absolute atomic E-state index is 0.0552. The zero-order valence-corrected chi connectivity index (χ0v) is 26.9. The zero-order valence-electron chi connectivity index (χ0n) is 26.1. The van der Waals surface area contributed by atoms with E-state index in [0.29, 0.717) is 41.2 Å². The molecule has 2 unspecified atom stereocenters. The van der Waals surface area contributed by atoms with Crippen LogP contribution in [-0.2, 0) is 4.79 Å². The van der Waals surface area contributed by atoms with Crippen molar-refractivity contribution in [1.82, 2.24) is 19.7 Å². The summed E-state index contributed by atoms with van der Waals surface area (Å²) in [5.41, 5.74) is 5.48. The molecule has 1 saturated heterocycles. The molecule has 0 saturated carbocycles. The minimum atomic E-state index is -0.398. The van der Waals surface area contributed by atoms with Gasteiger partial charge in [0.2, 0.25) is 5.91 Å². The van der Waals surface area contributed by atoms with Crippen LogP contribution in [0.2, 0.25) is 5.02 Å². The van der Waals surface area contributed by atoms with Gasteiger partial charge in [-0.2, -0.15) is 10.4 Å². The van der Waals surface area contributed by atoms with Gasteiger partial charge in [0.1, 0.15) is 11.6 Å². The van der Waals surface area contributed by atoms with Crippen LogP contribution >= 0.6 is 11.6 Å². The number of fused-ring (bicyclic) bond motifs is 2. The molecule has 2 aliphatic rings. The lowest BCUT2D eigenvalue weighted by molar-refractivity contribution is -0.126. The van der Waals surface area contributed by atoms with Crippen molar-refractivity contribution in [2.24, 2.45) is 10.9 Å². The summed E-state index contributed by atoms with van der Waals surface area (Å²) in [4.78, 5) is 35.8. The van der Waals surface area contributed by atoms with Crippen molar-refractivity contribution >= 4 is 51.2 Å². The molecule has 0 aliphatic carbocycles. The summed E-state index contributed by atoms with van der Waals surface area (Å²) >= 11 is 7.17. The molecule has 230 valence electrons. The number of anilines is 1. The highest BCUT2D eigenvalue weighted by Crippen LogP contribution is 2.43. The van der Waals surface area contributed by atoms with Crippen LogP contribution < -0.4 is 10.5 Å². The van der Waals surface area contributed by atoms with E-state index in [1.807, 2.05) is 51.1 Å². The van der Waals surface area contributed by atoms with Gasteiger partial charge in [0.15, 0.2) is 0 Å². The number of hydrogen-bond donors (Lipinski definition) is 1. The average molecular weight is 622 g/mol. The van der Waals surface area contributed by atoms with E-state index in [4.69, 9.17) is 16.6 Å². The van der Waals surface area contributed by atoms with Gasteiger partial charge in [-0.25, -0.2) is 0 Å². The highest BCUT2D eigenvalue weighted by Gasteiger charge is 2.35. The summed E-state index contributed by atoms with van der Waals surface area (Å²) in [6.07, 6.45) is 6.85. The molecule has 1 fully saturated rings. The monoisotopic (exact) mass is 621 g/mol. The Morgan fingerprint density at radius 1 is 1.22 bits per heavy atom. The van der Waals surface area contributed by atoms with Gasteiger partial charge in [0.25, 0.3) is 5.56 Å². The maximum absolute atomic E-state index is 14.7. The van der Waals surface area contributed by atoms with Gasteiger partial charge in [-0.3, -0.25) is 24.2 Å². The smallest absolute Gasteiger partial charge is 0.271 e. The largest absolute Gasteiger partial charge is 0.363 e. The molecule has 9 nitrogen and oxygen atoms in total. The van der Waals surface area contributed by atoms with Crippen molar-refractivity contribution in [2.45, 2.75) is 52.7 Å². The Morgan fingerprint density at radius 3 is 2.69 bits per heavy atom. The van der Waals surface area contributed by atoms with E-state index in [1.165, 1.54) is 6.08 Å². The van der Waals surface area contributed by atoms with E-state index in [0.717, 1.165) is 33.2 Å². The SMILES string of the molecule is C=CC(=O)N1CCN(c2c(C#N)c(=O)n(C3C(C)=CC=NC3C(C)C)c3cc(-c4c(C)ccc5[nH]ncc45)c(Cl)cc23)[C@@H](C)C1. The molecular formula is C35H36ClN7O2. The molecule has 0 bridgehead atoms. The predicted molar refractivity (Wildman–Crippen MR) is 181 cm³/mol. The highest BCUT2D eigenvalue weighted by atomic mass is 35.5. The number of hydrogen-bond acceptors (Lipinski definition) is 6. The second-order valence-electron chi connectivity index (χ2n) is 12.4. The molecule has 6 rings (SSSR count). The first-order valence-corrected chi connectivity index (χ1v) is 15.6. The van der Waals surface area contributed by atoms with E-state index in [-0.39, 0.29) is 35.0 Å². The highest BCUT2D eigenvalue weighted by molar-refractivity contribution is 6.35. The number of carbonyl (C=O) groups is 1. The Bertz CT molecular complexity index is 2030. The first kappa shape index (κ1) is 30.4. The lowest BCUT2D eigenvalue weighted by Gasteiger charge is -2.42. The number of aliphatic imine (C=N–C) groups is 1. The van der Waals surface area contributed by atoms with Crippen molar-refractivity contribution < 1.29 is 4.79 Å². The Morgan fingerprint density at radius 2 is 2.00 bits per heavy atom. The first-order valence-electron chi connectivity index (χ1n) is 15.2. The summed E-state index contributed by atoms with van der Waals surface area (Å²) in [5.74, 6) is -0.00939. The number of aromatic nitrogens is 3. The average Bonchev–Trinajstić information content (AvgIpc) is 3.49. The maximum Gasteiger partial charge on any atom is 0.271 e. The number of allylic oxidation sites excluding steroid dienone is 1. The third-order valence-corrected chi connectivity index (χ3v) is 9.54. The number of rotatable bonds is 5. The number of nitrogens with zero attached hydrogens (tertiary/aromatic N) is 6. The number of amides is 1. The van der Waals surface area contributed by atoms with Crippen LogP contribution in [0.5, 0.6) is 0 Å². The van der Waals surface area contributed by atoms with Crippen molar-refractivity contribution in [3.8, 4) is 17.2 Å². The molecule has 1 amide bonds. The van der Waals surface area contributed by atoms with E-state index in [2.05, 4.69) is 41.6 Å². The molecule has 2 aromatic carbocycles.